The van der Waals surface area contributed by atoms with Crippen molar-refractivity contribution in [1.29, 1.82) is 0 Å². The molecule has 28 heavy (non-hydrogen) atoms. The van der Waals surface area contributed by atoms with E-state index >= 15 is 0 Å². The van der Waals surface area contributed by atoms with Crippen molar-refractivity contribution < 1.29 is 17.5 Å². The highest BCUT2D eigenvalue weighted by Crippen LogP contribution is 2.27. The molecule has 1 aromatic heterocycles. The van der Waals surface area contributed by atoms with Crippen LogP contribution < -0.4 is 5.32 Å². The first-order chi connectivity index (χ1) is 13.4. The van der Waals surface area contributed by atoms with E-state index in [0.29, 0.717) is 52.2 Å². The molecule has 2 fully saturated rings. The average molecular weight is 408 g/mol. The van der Waals surface area contributed by atoms with Crippen LogP contribution in [0.25, 0.3) is 10.9 Å². The summed E-state index contributed by atoms with van der Waals surface area (Å²) in [5.74, 6) is -0.298. The smallest absolute Gasteiger partial charge is 0.282 e. The molecule has 0 bridgehead atoms. The van der Waals surface area contributed by atoms with Gasteiger partial charge in [0.05, 0.1) is 18.7 Å². The van der Waals surface area contributed by atoms with Crippen molar-refractivity contribution in [2.75, 3.05) is 44.7 Å². The van der Waals surface area contributed by atoms with Crippen molar-refractivity contribution in [2.45, 2.75) is 25.8 Å². The van der Waals surface area contributed by atoms with Crippen LogP contribution in [0.15, 0.2) is 24.3 Å². The highest BCUT2D eigenvalue weighted by Gasteiger charge is 2.33. The van der Waals surface area contributed by atoms with Gasteiger partial charge >= 0.3 is 0 Å². The average Bonchev–Trinajstić information content (AvgIpc) is 2.69. The quantitative estimate of drug-likeness (QED) is 0.839. The summed E-state index contributed by atoms with van der Waals surface area (Å²) in [6.45, 7) is 4.56. The fraction of sp³-hybridized carbons (Fsp3) is 0.526. The minimum absolute atomic E-state index is 0.129. The lowest BCUT2D eigenvalue weighted by atomic mass is 10.1. The topological polar surface area (TPSA) is 74.8 Å². The van der Waals surface area contributed by atoms with Crippen molar-refractivity contribution in [3.63, 3.8) is 0 Å². The summed E-state index contributed by atoms with van der Waals surface area (Å²) >= 11 is 0. The minimum atomic E-state index is -3.43. The molecule has 0 atom stereocenters. The Morgan fingerprint density at radius 1 is 1.11 bits per heavy atom. The zero-order chi connectivity index (χ0) is 19.7. The first kappa shape index (κ1) is 19.5. The number of fused-ring (bicyclic) bond motifs is 1. The van der Waals surface area contributed by atoms with Gasteiger partial charge in [-0.25, -0.2) is 4.39 Å². The van der Waals surface area contributed by atoms with Crippen LogP contribution in [0.5, 0.6) is 0 Å². The van der Waals surface area contributed by atoms with E-state index in [9.17, 15) is 12.8 Å². The van der Waals surface area contributed by atoms with E-state index < -0.39 is 10.2 Å². The number of nitrogens with one attached hydrogen (secondary N) is 1. The van der Waals surface area contributed by atoms with Gasteiger partial charge < -0.3 is 10.1 Å². The number of piperidine rings is 1. The molecule has 2 aliphatic heterocycles. The molecule has 0 spiro atoms. The van der Waals surface area contributed by atoms with Gasteiger partial charge in [-0.3, -0.25) is 4.98 Å². The van der Waals surface area contributed by atoms with Crippen LogP contribution in [0.4, 0.5) is 10.1 Å². The number of aromatic nitrogens is 1. The van der Waals surface area contributed by atoms with E-state index in [4.69, 9.17) is 4.74 Å². The largest absolute Gasteiger partial charge is 0.382 e. The van der Waals surface area contributed by atoms with Gasteiger partial charge in [0, 0.05) is 49.0 Å². The summed E-state index contributed by atoms with van der Waals surface area (Å²) in [5.41, 5.74) is 2.45. The van der Waals surface area contributed by atoms with Gasteiger partial charge in [-0.05, 0) is 44.0 Å². The number of halogens is 1. The van der Waals surface area contributed by atoms with Gasteiger partial charge in [0.15, 0.2) is 0 Å². The molecule has 1 aromatic carbocycles. The molecule has 0 unspecified atom stereocenters. The predicted molar refractivity (Wildman–Crippen MR) is 106 cm³/mol. The Morgan fingerprint density at radius 2 is 1.79 bits per heavy atom. The normalized spacial score (nSPS) is 20.5. The van der Waals surface area contributed by atoms with E-state index in [1.54, 1.807) is 10.4 Å². The molecule has 0 saturated carbocycles. The Hall–Kier alpha value is -1.81. The standard InChI is InChI=1S/C19H25FN4O3S/c1-14-12-19(17-13-15(20)2-3-18(17)21-14)22-16-4-6-23(7-5-16)28(25,26)24-8-10-27-11-9-24/h2-3,12-13,16H,4-11H2,1H3,(H,21,22). The summed E-state index contributed by atoms with van der Waals surface area (Å²) in [5, 5.41) is 4.23. The summed E-state index contributed by atoms with van der Waals surface area (Å²) in [6.07, 6.45) is 1.39. The lowest BCUT2D eigenvalue weighted by Gasteiger charge is -2.36. The predicted octanol–water partition coefficient (Wildman–Crippen LogP) is 2.14. The molecule has 2 saturated heterocycles. The second-order valence-corrected chi connectivity index (χ2v) is 9.24. The summed E-state index contributed by atoms with van der Waals surface area (Å²) in [7, 11) is -3.43. The van der Waals surface area contributed by atoms with Gasteiger partial charge in [0.25, 0.3) is 10.2 Å². The molecule has 0 radical (unpaired) electrons. The zero-order valence-electron chi connectivity index (χ0n) is 15.9. The molecule has 1 N–H and O–H groups in total. The van der Waals surface area contributed by atoms with E-state index in [1.165, 1.54) is 16.4 Å². The first-order valence-corrected chi connectivity index (χ1v) is 11.0. The fourth-order valence-corrected chi connectivity index (χ4v) is 5.45. The number of hydrogen-bond donors (Lipinski definition) is 1. The van der Waals surface area contributed by atoms with Crippen LogP contribution in [0.3, 0.4) is 0 Å². The van der Waals surface area contributed by atoms with Crippen molar-refractivity contribution in [2.24, 2.45) is 0 Å². The number of nitrogens with zero attached hydrogens (tertiary/aromatic N) is 3. The Balaban J connectivity index is 1.45. The molecule has 2 aliphatic rings. The lowest BCUT2D eigenvalue weighted by Crippen LogP contribution is -2.51. The third kappa shape index (κ3) is 3.98. The maximum atomic E-state index is 13.7. The van der Waals surface area contributed by atoms with Gasteiger partial charge in [-0.2, -0.15) is 17.0 Å². The van der Waals surface area contributed by atoms with Crippen molar-refractivity contribution in [3.05, 3.63) is 35.8 Å². The maximum Gasteiger partial charge on any atom is 0.282 e. The third-order valence-corrected chi connectivity index (χ3v) is 7.37. The van der Waals surface area contributed by atoms with Crippen molar-refractivity contribution in [3.8, 4) is 0 Å². The fourth-order valence-electron chi connectivity index (χ4n) is 3.84. The second-order valence-electron chi connectivity index (χ2n) is 7.31. The van der Waals surface area contributed by atoms with Gasteiger partial charge in [-0.1, -0.05) is 0 Å². The molecule has 4 rings (SSSR count). The van der Waals surface area contributed by atoms with Crippen LogP contribution in [0.1, 0.15) is 18.5 Å². The molecule has 0 amide bonds. The lowest BCUT2D eigenvalue weighted by molar-refractivity contribution is 0.0697. The Kier molecular flexibility index (Phi) is 5.50. The Bertz CT molecular complexity index is 955. The van der Waals surface area contributed by atoms with Gasteiger partial charge in [-0.15, -0.1) is 0 Å². The van der Waals surface area contributed by atoms with Gasteiger partial charge in [0.1, 0.15) is 5.82 Å². The van der Waals surface area contributed by atoms with E-state index in [1.807, 2.05) is 13.0 Å². The van der Waals surface area contributed by atoms with E-state index in [0.717, 1.165) is 22.3 Å². The molecule has 9 heteroatoms. The van der Waals surface area contributed by atoms with E-state index in [-0.39, 0.29) is 11.9 Å². The van der Waals surface area contributed by atoms with Crippen LogP contribution >= 0.6 is 0 Å². The number of aryl methyl sites for hydroxylation is 1. The van der Waals surface area contributed by atoms with E-state index in [2.05, 4.69) is 10.3 Å². The number of benzene rings is 1. The molecule has 0 aliphatic carbocycles. The van der Waals surface area contributed by atoms with Crippen LogP contribution in [0.2, 0.25) is 0 Å². The maximum absolute atomic E-state index is 13.7. The van der Waals surface area contributed by atoms with Gasteiger partial charge in [0.2, 0.25) is 0 Å². The number of morpholine rings is 1. The molecule has 3 heterocycles. The van der Waals surface area contributed by atoms with Crippen molar-refractivity contribution in [1.82, 2.24) is 13.6 Å². The Morgan fingerprint density at radius 3 is 2.50 bits per heavy atom. The molecule has 7 nitrogen and oxygen atoms in total. The number of rotatable bonds is 4. The van der Waals surface area contributed by atoms with Crippen LogP contribution in [-0.4, -0.2) is 67.4 Å². The first-order valence-electron chi connectivity index (χ1n) is 9.60. The second kappa shape index (κ2) is 7.90. The zero-order valence-corrected chi connectivity index (χ0v) is 16.7. The number of anilines is 1. The summed E-state index contributed by atoms with van der Waals surface area (Å²) in [6, 6.07) is 6.62. The SMILES string of the molecule is Cc1cc(NC2CCN(S(=O)(=O)N3CCOCC3)CC2)c2cc(F)ccc2n1. The molecule has 152 valence electrons. The third-order valence-electron chi connectivity index (χ3n) is 5.33. The number of hydrogen-bond acceptors (Lipinski definition) is 5. The van der Waals surface area contributed by atoms with Crippen LogP contribution in [-0.2, 0) is 14.9 Å². The Labute approximate surface area is 164 Å². The highest BCUT2D eigenvalue weighted by molar-refractivity contribution is 7.86. The summed E-state index contributed by atoms with van der Waals surface area (Å²) < 4.78 is 47.6. The van der Waals surface area contributed by atoms with Crippen LogP contribution in [0, 0.1) is 12.7 Å². The summed E-state index contributed by atoms with van der Waals surface area (Å²) in [4.78, 5) is 4.46. The number of pyridine rings is 1. The highest BCUT2D eigenvalue weighted by atomic mass is 32.2. The monoisotopic (exact) mass is 408 g/mol. The molecule has 2 aromatic rings. The van der Waals surface area contributed by atoms with Crippen molar-refractivity contribution >= 4 is 26.8 Å². The minimum Gasteiger partial charge on any atom is -0.382 e. The number of ether oxygens (including phenoxy) is 1. The molecular formula is C19H25FN4O3S. The molecular weight excluding hydrogens is 383 g/mol.